The number of anilines is 1. The summed E-state index contributed by atoms with van der Waals surface area (Å²) in [5.41, 5.74) is 1.83. The minimum Gasteiger partial charge on any atom is -0.373 e. The first-order valence-corrected chi connectivity index (χ1v) is 8.90. The fourth-order valence-corrected chi connectivity index (χ4v) is 2.65. The Kier molecular flexibility index (Phi) is 6.82. The van der Waals surface area contributed by atoms with Gasteiger partial charge in [0.25, 0.3) is 0 Å². The lowest BCUT2D eigenvalue weighted by Crippen LogP contribution is -2.45. The molecule has 0 spiro atoms. The molecule has 0 aromatic heterocycles. The lowest BCUT2D eigenvalue weighted by Gasteiger charge is -2.24. The molecule has 1 aromatic rings. The SMILES string of the molecule is CN=C(NCc1ccc(NC(=O)C(C)C)cc1)NCC1(C)CCCO1. The number of aliphatic imine (C=N–C) groups is 1. The van der Waals surface area contributed by atoms with Crippen molar-refractivity contribution in [2.24, 2.45) is 10.9 Å². The van der Waals surface area contributed by atoms with E-state index < -0.39 is 0 Å². The quantitative estimate of drug-likeness (QED) is 0.546. The first-order valence-electron chi connectivity index (χ1n) is 8.90. The number of hydrogen-bond donors (Lipinski definition) is 3. The third-order valence-electron chi connectivity index (χ3n) is 4.36. The third-order valence-corrected chi connectivity index (χ3v) is 4.36. The van der Waals surface area contributed by atoms with Crippen molar-refractivity contribution >= 4 is 17.6 Å². The summed E-state index contributed by atoms with van der Waals surface area (Å²) < 4.78 is 5.78. The normalized spacial score (nSPS) is 20.6. The predicted octanol–water partition coefficient (Wildman–Crippen LogP) is 2.52. The number of hydrogen-bond acceptors (Lipinski definition) is 3. The number of carbonyl (C=O) groups is 1. The van der Waals surface area contributed by atoms with Crippen molar-refractivity contribution in [3.63, 3.8) is 0 Å². The molecule has 2 rings (SSSR count). The van der Waals surface area contributed by atoms with E-state index in [4.69, 9.17) is 4.74 Å². The van der Waals surface area contributed by atoms with Crippen LogP contribution >= 0.6 is 0 Å². The summed E-state index contributed by atoms with van der Waals surface area (Å²) in [5.74, 6) is 0.758. The van der Waals surface area contributed by atoms with Crippen LogP contribution < -0.4 is 16.0 Å². The number of rotatable bonds is 6. The predicted molar refractivity (Wildman–Crippen MR) is 102 cm³/mol. The molecule has 0 saturated carbocycles. The van der Waals surface area contributed by atoms with Gasteiger partial charge in [0.1, 0.15) is 0 Å². The van der Waals surface area contributed by atoms with Gasteiger partial charge in [0.2, 0.25) is 5.91 Å². The first-order chi connectivity index (χ1) is 11.9. The molecule has 25 heavy (non-hydrogen) atoms. The monoisotopic (exact) mass is 346 g/mol. The highest BCUT2D eigenvalue weighted by atomic mass is 16.5. The van der Waals surface area contributed by atoms with Crippen LogP contribution in [0.15, 0.2) is 29.3 Å². The van der Waals surface area contributed by atoms with Crippen molar-refractivity contribution < 1.29 is 9.53 Å². The highest BCUT2D eigenvalue weighted by molar-refractivity contribution is 5.92. The van der Waals surface area contributed by atoms with Crippen molar-refractivity contribution in [1.29, 1.82) is 0 Å². The average molecular weight is 346 g/mol. The Morgan fingerprint density at radius 1 is 1.28 bits per heavy atom. The van der Waals surface area contributed by atoms with Crippen molar-refractivity contribution in [3.05, 3.63) is 29.8 Å². The summed E-state index contributed by atoms with van der Waals surface area (Å²) in [6.07, 6.45) is 2.18. The molecule has 1 fully saturated rings. The smallest absolute Gasteiger partial charge is 0.226 e. The van der Waals surface area contributed by atoms with E-state index in [0.717, 1.165) is 43.2 Å². The van der Waals surface area contributed by atoms with Gasteiger partial charge < -0.3 is 20.7 Å². The van der Waals surface area contributed by atoms with E-state index in [0.29, 0.717) is 6.54 Å². The number of benzene rings is 1. The third kappa shape index (κ3) is 6.05. The largest absolute Gasteiger partial charge is 0.373 e. The molecule has 1 saturated heterocycles. The van der Waals surface area contributed by atoms with Crippen LogP contribution in [0.25, 0.3) is 0 Å². The zero-order valence-electron chi connectivity index (χ0n) is 15.7. The number of nitrogens with one attached hydrogen (secondary N) is 3. The Balaban J connectivity index is 1.80. The number of carbonyl (C=O) groups excluding carboxylic acids is 1. The van der Waals surface area contributed by atoms with Gasteiger partial charge in [-0.05, 0) is 37.5 Å². The zero-order chi connectivity index (χ0) is 18.3. The van der Waals surface area contributed by atoms with Gasteiger partial charge in [0.15, 0.2) is 5.96 Å². The molecule has 6 heteroatoms. The standard InChI is InChI=1S/C19H30N4O2/c1-14(2)17(24)23-16-8-6-15(7-9-16)12-21-18(20-4)22-13-19(3)10-5-11-25-19/h6-9,14H,5,10-13H2,1-4H3,(H,23,24)(H2,20,21,22). The van der Waals surface area contributed by atoms with E-state index in [9.17, 15) is 4.79 Å². The van der Waals surface area contributed by atoms with E-state index in [1.165, 1.54) is 0 Å². The highest BCUT2D eigenvalue weighted by Gasteiger charge is 2.29. The number of ether oxygens (including phenoxy) is 1. The highest BCUT2D eigenvalue weighted by Crippen LogP contribution is 2.23. The molecule has 1 aromatic carbocycles. The molecular formula is C19H30N4O2. The molecule has 1 aliphatic rings. The average Bonchev–Trinajstić information content (AvgIpc) is 3.03. The molecule has 0 bridgehead atoms. The van der Waals surface area contributed by atoms with Crippen LogP contribution in [-0.4, -0.2) is 37.7 Å². The zero-order valence-corrected chi connectivity index (χ0v) is 15.7. The Morgan fingerprint density at radius 3 is 2.56 bits per heavy atom. The van der Waals surface area contributed by atoms with Gasteiger partial charge in [-0.2, -0.15) is 0 Å². The van der Waals surface area contributed by atoms with Crippen molar-refractivity contribution in [1.82, 2.24) is 10.6 Å². The summed E-state index contributed by atoms with van der Waals surface area (Å²) in [6, 6.07) is 7.83. The van der Waals surface area contributed by atoms with Crippen molar-refractivity contribution in [2.45, 2.75) is 45.8 Å². The summed E-state index contributed by atoms with van der Waals surface area (Å²) in [5, 5.41) is 9.52. The van der Waals surface area contributed by atoms with Crippen LogP contribution in [0.3, 0.4) is 0 Å². The lowest BCUT2D eigenvalue weighted by atomic mass is 10.0. The van der Waals surface area contributed by atoms with Gasteiger partial charge in [-0.25, -0.2) is 0 Å². The number of amides is 1. The summed E-state index contributed by atoms with van der Waals surface area (Å²) in [6.45, 7) is 8.13. The fourth-order valence-electron chi connectivity index (χ4n) is 2.65. The van der Waals surface area contributed by atoms with Gasteiger partial charge in [0.05, 0.1) is 5.60 Å². The number of nitrogens with zero attached hydrogens (tertiary/aromatic N) is 1. The minimum absolute atomic E-state index is 0.0260. The lowest BCUT2D eigenvalue weighted by molar-refractivity contribution is -0.118. The van der Waals surface area contributed by atoms with Crippen LogP contribution in [0.2, 0.25) is 0 Å². The molecule has 1 unspecified atom stereocenters. The van der Waals surface area contributed by atoms with Gasteiger partial charge in [-0.15, -0.1) is 0 Å². The van der Waals surface area contributed by atoms with E-state index in [1.54, 1.807) is 7.05 Å². The van der Waals surface area contributed by atoms with Crippen LogP contribution in [0.5, 0.6) is 0 Å². The second-order valence-electron chi connectivity index (χ2n) is 7.02. The van der Waals surface area contributed by atoms with E-state index in [2.05, 4.69) is 27.9 Å². The van der Waals surface area contributed by atoms with Crippen molar-refractivity contribution in [2.75, 3.05) is 25.5 Å². The fraction of sp³-hybridized carbons (Fsp3) is 0.579. The first kappa shape index (κ1) is 19.2. The van der Waals surface area contributed by atoms with Crippen LogP contribution in [0, 0.1) is 5.92 Å². The van der Waals surface area contributed by atoms with Gasteiger partial charge >= 0.3 is 0 Å². The number of guanidine groups is 1. The van der Waals surface area contributed by atoms with E-state index in [-0.39, 0.29) is 17.4 Å². The molecule has 3 N–H and O–H groups in total. The van der Waals surface area contributed by atoms with E-state index in [1.807, 2.05) is 38.1 Å². The van der Waals surface area contributed by atoms with Crippen molar-refractivity contribution in [3.8, 4) is 0 Å². The maximum absolute atomic E-state index is 11.7. The molecule has 138 valence electrons. The molecule has 1 amide bonds. The summed E-state index contributed by atoms with van der Waals surface area (Å²) in [7, 11) is 1.76. The van der Waals surface area contributed by atoms with Gasteiger partial charge in [-0.1, -0.05) is 26.0 Å². The Bertz CT molecular complexity index is 590. The second-order valence-corrected chi connectivity index (χ2v) is 7.02. The molecule has 1 heterocycles. The van der Waals surface area contributed by atoms with Crippen LogP contribution in [0.4, 0.5) is 5.69 Å². The maximum Gasteiger partial charge on any atom is 0.226 e. The molecule has 6 nitrogen and oxygen atoms in total. The van der Waals surface area contributed by atoms with Crippen LogP contribution in [0.1, 0.15) is 39.2 Å². The minimum atomic E-state index is -0.103. The molecule has 0 aliphatic carbocycles. The molecule has 1 atom stereocenters. The molecule has 0 radical (unpaired) electrons. The molecular weight excluding hydrogens is 316 g/mol. The topological polar surface area (TPSA) is 74.8 Å². The van der Waals surface area contributed by atoms with Gasteiger partial charge in [0, 0.05) is 38.3 Å². The summed E-state index contributed by atoms with van der Waals surface area (Å²) >= 11 is 0. The maximum atomic E-state index is 11.7. The molecule has 1 aliphatic heterocycles. The Labute approximate surface area is 150 Å². The van der Waals surface area contributed by atoms with Gasteiger partial charge in [-0.3, -0.25) is 9.79 Å². The van der Waals surface area contributed by atoms with E-state index >= 15 is 0 Å². The van der Waals surface area contributed by atoms with Crippen LogP contribution in [-0.2, 0) is 16.1 Å². The second kappa shape index (κ2) is 8.85. The Hall–Kier alpha value is -2.08. The summed E-state index contributed by atoms with van der Waals surface area (Å²) in [4.78, 5) is 16.0. The Morgan fingerprint density at radius 2 is 2.00 bits per heavy atom.